The van der Waals surface area contributed by atoms with Gasteiger partial charge in [0, 0.05) is 6.04 Å². The van der Waals surface area contributed by atoms with Gasteiger partial charge < -0.3 is 0 Å². The Hall–Kier alpha value is -1.38. The predicted molar refractivity (Wildman–Crippen MR) is 83.0 cm³/mol. The lowest BCUT2D eigenvalue weighted by atomic mass is 9.98. The number of hydrogen-bond acceptors (Lipinski definition) is 3. The van der Waals surface area contributed by atoms with Crippen LogP contribution in [0.3, 0.4) is 0 Å². The highest BCUT2D eigenvalue weighted by atomic mass is 32.2. The number of rotatable bonds is 4. The van der Waals surface area contributed by atoms with E-state index in [1.165, 1.54) is 12.8 Å². The van der Waals surface area contributed by atoms with Crippen LogP contribution in [-0.4, -0.2) is 14.5 Å². The van der Waals surface area contributed by atoms with Gasteiger partial charge in [-0.25, -0.2) is 13.1 Å². The lowest BCUT2D eigenvalue weighted by Gasteiger charge is -2.22. The molecular formula is C16H22N2O2S. The summed E-state index contributed by atoms with van der Waals surface area (Å²) in [5.41, 5.74) is 1.25. The van der Waals surface area contributed by atoms with Crippen molar-refractivity contribution in [3.8, 4) is 6.07 Å². The first-order chi connectivity index (χ1) is 10.00. The molecule has 2 atom stereocenters. The van der Waals surface area contributed by atoms with Gasteiger partial charge in [0.15, 0.2) is 0 Å². The standard InChI is InChI=1S/C16H22N2O2S/c1-13-5-3-2-4-6-16(13)18-21(19,20)12-15-9-7-14(11-17)8-10-15/h7-10,13,16,18H,2-6,12H2,1H3. The Kier molecular flexibility index (Phi) is 5.38. The van der Waals surface area contributed by atoms with Crippen molar-refractivity contribution in [2.45, 2.75) is 50.8 Å². The fourth-order valence-corrected chi connectivity index (χ4v) is 4.36. The van der Waals surface area contributed by atoms with E-state index in [2.05, 4.69) is 11.6 Å². The average molecular weight is 306 g/mol. The lowest BCUT2D eigenvalue weighted by Crippen LogP contribution is -2.39. The van der Waals surface area contributed by atoms with Gasteiger partial charge >= 0.3 is 0 Å². The largest absolute Gasteiger partial charge is 0.216 e. The van der Waals surface area contributed by atoms with Crippen LogP contribution < -0.4 is 4.72 Å². The summed E-state index contributed by atoms with van der Waals surface area (Å²) in [7, 11) is -3.34. The molecule has 0 aromatic heterocycles. The molecule has 114 valence electrons. The van der Waals surface area contributed by atoms with Crippen molar-refractivity contribution >= 4 is 10.0 Å². The van der Waals surface area contributed by atoms with E-state index >= 15 is 0 Å². The van der Waals surface area contributed by atoms with Gasteiger partial charge in [-0.2, -0.15) is 5.26 Å². The zero-order valence-electron chi connectivity index (χ0n) is 12.4. The molecular weight excluding hydrogens is 284 g/mol. The van der Waals surface area contributed by atoms with E-state index in [1.807, 2.05) is 6.07 Å². The first-order valence-corrected chi connectivity index (χ1v) is 9.14. The number of nitriles is 1. The summed E-state index contributed by atoms with van der Waals surface area (Å²) < 4.78 is 27.5. The van der Waals surface area contributed by atoms with E-state index in [1.54, 1.807) is 24.3 Å². The monoisotopic (exact) mass is 306 g/mol. The zero-order chi connectivity index (χ0) is 15.3. The van der Waals surface area contributed by atoms with Crippen molar-refractivity contribution in [1.82, 2.24) is 4.72 Å². The number of sulfonamides is 1. The lowest BCUT2D eigenvalue weighted by molar-refractivity contribution is 0.399. The Morgan fingerprint density at radius 3 is 2.52 bits per heavy atom. The Labute approximate surface area is 127 Å². The van der Waals surface area contributed by atoms with E-state index < -0.39 is 10.0 Å². The maximum absolute atomic E-state index is 12.3. The smallest absolute Gasteiger partial charge is 0.212 e. The molecule has 0 saturated heterocycles. The molecule has 0 heterocycles. The second-order valence-corrected chi connectivity index (χ2v) is 7.66. The molecule has 1 N–H and O–H groups in total. The van der Waals surface area contributed by atoms with Crippen LogP contribution in [0.4, 0.5) is 0 Å². The summed E-state index contributed by atoms with van der Waals surface area (Å²) in [6.07, 6.45) is 5.49. The maximum Gasteiger partial charge on any atom is 0.216 e. The highest BCUT2D eigenvalue weighted by molar-refractivity contribution is 7.88. The van der Waals surface area contributed by atoms with Crippen LogP contribution in [0, 0.1) is 17.2 Å². The van der Waals surface area contributed by atoms with E-state index in [9.17, 15) is 8.42 Å². The number of benzene rings is 1. The van der Waals surface area contributed by atoms with E-state index in [4.69, 9.17) is 5.26 Å². The molecule has 0 bridgehead atoms. The van der Waals surface area contributed by atoms with Gasteiger partial charge in [0.05, 0.1) is 17.4 Å². The Bertz CT molecular complexity index is 602. The summed E-state index contributed by atoms with van der Waals surface area (Å²) >= 11 is 0. The third-order valence-corrected chi connectivity index (χ3v) is 5.51. The van der Waals surface area contributed by atoms with Gasteiger partial charge in [0.2, 0.25) is 10.0 Å². The fraction of sp³-hybridized carbons (Fsp3) is 0.562. The minimum atomic E-state index is -3.34. The molecule has 0 radical (unpaired) electrons. The molecule has 1 saturated carbocycles. The number of nitrogens with zero attached hydrogens (tertiary/aromatic N) is 1. The summed E-state index contributed by atoms with van der Waals surface area (Å²) in [5.74, 6) is 0.366. The first-order valence-electron chi connectivity index (χ1n) is 7.49. The van der Waals surface area contributed by atoms with Crippen molar-refractivity contribution in [3.63, 3.8) is 0 Å². The second kappa shape index (κ2) is 7.06. The quantitative estimate of drug-likeness (QED) is 0.869. The average Bonchev–Trinajstić information content (AvgIpc) is 2.64. The van der Waals surface area contributed by atoms with Gasteiger partial charge in [-0.15, -0.1) is 0 Å². The van der Waals surface area contributed by atoms with Crippen molar-refractivity contribution < 1.29 is 8.42 Å². The van der Waals surface area contributed by atoms with Crippen LogP contribution in [0.2, 0.25) is 0 Å². The van der Waals surface area contributed by atoms with Crippen LogP contribution in [0.5, 0.6) is 0 Å². The van der Waals surface area contributed by atoms with Crippen molar-refractivity contribution in [2.24, 2.45) is 5.92 Å². The molecule has 1 aliphatic carbocycles. The van der Waals surface area contributed by atoms with Crippen LogP contribution in [-0.2, 0) is 15.8 Å². The van der Waals surface area contributed by atoms with E-state index in [0.717, 1.165) is 19.3 Å². The highest BCUT2D eigenvalue weighted by Gasteiger charge is 2.24. The first kappa shape index (κ1) is 16.0. The molecule has 0 spiro atoms. The Morgan fingerprint density at radius 2 is 1.86 bits per heavy atom. The Balaban J connectivity index is 2.02. The highest BCUT2D eigenvalue weighted by Crippen LogP contribution is 2.23. The van der Waals surface area contributed by atoms with Crippen molar-refractivity contribution in [3.05, 3.63) is 35.4 Å². The van der Waals surface area contributed by atoms with Crippen molar-refractivity contribution in [1.29, 1.82) is 5.26 Å². The summed E-state index contributed by atoms with van der Waals surface area (Å²) in [6.45, 7) is 2.13. The predicted octanol–water partition coefficient (Wildman–Crippen LogP) is 2.95. The summed E-state index contributed by atoms with van der Waals surface area (Å²) in [5, 5.41) is 8.75. The van der Waals surface area contributed by atoms with Crippen LogP contribution in [0.1, 0.15) is 50.2 Å². The maximum atomic E-state index is 12.3. The summed E-state index contributed by atoms with van der Waals surface area (Å²) in [4.78, 5) is 0. The molecule has 1 aromatic rings. The molecule has 21 heavy (non-hydrogen) atoms. The zero-order valence-corrected chi connectivity index (χ0v) is 13.2. The minimum Gasteiger partial charge on any atom is -0.212 e. The van der Waals surface area contributed by atoms with Crippen LogP contribution in [0.15, 0.2) is 24.3 Å². The SMILES string of the molecule is CC1CCCCCC1NS(=O)(=O)Cc1ccc(C#N)cc1. The molecule has 2 unspecified atom stereocenters. The third-order valence-electron chi connectivity index (χ3n) is 4.13. The van der Waals surface area contributed by atoms with E-state index in [-0.39, 0.29) is 11.8 Å². The van der Waals surface area contributed by atoms with Crippen molar-refractivity contribution in [2.75, 3.05) is 0 Å². The second-order valence-electron chi connectivity index (χ2n) is 5.91. The molecule has 5 heteroatoms. The van der Waals surface area contributed by atoms with E-state index in [0.29, 0.717) is 17.0 Å². The molecule has 2 rings (SSSR count). The molecule has 1 aromatic carbocycles. The molecule has 0 amide bonds. The fourth-order valence-electron chi connectivity index (χ4n) is 2.84. The van der Waals surface area contributed by atoms with Gasteiger partial charge in [-0.05, 0) is 36.5 Å². The molecule has 4 nitrogen and oxygen atoms in total. The molecule has 1 aliphatic rings. The molecule has 0 aliphatic heterocycles. The topological polar surface area (TPSA) is 70.0 Å². The number of hydrogen-bond donors (Lipinski definition) is 1. The third kappa shape index (κ3) is 4.83. The minimum absolute atomic E-state index is 0.0259. The van der Waals surface area contributed by atoms with Crippen LogP contribution in [0.25, 0.3) is 0 Å². The number of nitrogens with one attached hydrogen (secondary N) is 1. The van der Waals surface area contributed by atoms with Crippen LogP contribution >= 0.6 is 0 Å². The normalized spacial score (nSPS) is 23.2. The van der Waals surface area contributed by atoms with Gasteiger partial charge in [0.1, 0.15) is 0 Å². The Morgan fingerprint density at radius 1 is 1.19 bits per heavy atom. The summed E-state index contributed by atoms with van der Waals surface area (Å²) in [6, 6.07) is 8.79. The van der Waals surface area contributed by atoms with Gasteiger partial charge in [-0.1, -0.05) is 38.3 Å². The van der Waals surface area contributed by atoms with Gasteiger partial charge in [0.25, 0.3) is 0 Å². The van der Waals surface area contributed by atoms with Gasteiger partial charge in [-0.3, -0.25) is 0 Å². The molecule has 1 fully saturated rings.